The first-order valence-electron chi connectivity index (χ1n) is 5.52. The second-order valence-corrected chi connectivity index (χ2v) is 3.91. The molecule has 0 amide bonds. The van der Waals surface area contributed by atoms with Crippen LogP contribution in [0.5, 0.6) is 0 Å². The zero-order chi connectivity index (χ0) is 10.2. The molecule has 1 aliphatic heterocycles. The average Bonchev–Trinajstić information content (AvgIpc) is 2.25. The van der Waals surface area contributed by atoms with Crippen molar-refractivity contribution in [3.8, 4) is 0 Å². The Kier molecular flexibility index (Phi) is 5.31. The summed E-state index contributed by atoms with van der Waals surface area (Å²) in [6.07, 6.45) is 11.0. The standard InChI is InChI=1S/C13H21N/c1-3-4-8-13(2)9-12-14-10-6-5-7-11-14/h3-4,8H,1-2,5-7,9-12H2. The first-order valence-corrected chi connectivity index (χ1v) is 5.52. The first kappa shape index (κ1) is 11.3. The summed E-state index contributed by atoms with van der Waals surface area (Å²) >= 11 is 0. The van der Waals surface area contributed by atoms with E-state index >= 15 is 0 Å². The van der Waals surface area contributed by atoms with Crippen LogP contribution in [0, 0.1) is 0 Å². The minimum Gasteiger partial charge on any atom is -0.303 e. The lowest BCUT2D eigenvalue weighted by molar-refractivity contribution is 0.232. The molecule has 0 aromatic rings. The third-order valence-corrected chi connectivity index (χ3v) is 2.67. The van der Waals surface area contributed by atoms with Crippen LogP contribution < -0.4 is 0 Å². The molecule has 0 radical (unpaired) electrons. The molecule has 0 aromatic carbocycles. The Morgan fingerprint density at radius 2 is 1.93 bits per heavy atom. The van der Waals surface area contributed by atoms with E-state index in [1.165, 1.54) is 44.5 Å². The van der Waals surface area contributed by atoms with E-state index in [0.29, 0.717) is 0 Å². The van der Waals surface area contributed by atoms with E-state index in [1.807, 2.05) is 6.08 Å². The van der Waals surface area contributed by atoms with Gasteiger partial charge in [0, 0.05) is 6.54 Å². The van der Waals surface area contributed by atoms with Crippen LogP contribution in [0.4, 0.5) is 0 Å². The Bertz CT molecular complexity index is 209. The van der Waals surface area contributed by atoms with Gasteiger partial charge in [-0.25, -0.2) is 0 Å². The summed E-state index contributed by atoms with van der Waals surface area (Å²) in [5.41, 5.74) is 1.20. The largest absolute Gasteiger partial charge is 0.303 e. The van der Waals surface area contributed by atoms with Crippen LogP contribution in [0.25, 0.3) is 0 Å². The van der Waals surface area contributed by atoms with Crippen molar-refractivity contribution in [3.05, 3.63) is 37.0 Å². The zero-order valence-electron chi connectivity index (χ0n) is 9.04. The summed E-state index contributed by atoms with van der Waals surface area (Å²) in [7, 11) is 0. The highest BCUT2D eigenvalue weighted by atomic mass is 15.1. The maximum atomic E-state index is 4.02. The number of hydrogen-bond acceptors (Lipinski definition) is 1. The normalized spacial score (nSPS) is 18.6. The Hall–Kier alpha value is -0.820. The Morgan fingerprint density at radius 3 is 2.57 bits per heavy atom. The topological polar surface area (TPSA) is 3.24 Å². The van der Waals surface area contributed by atoms with E-state index in [1.54, 1.807) is 6.08 Å². The molecule has 0 aromatic heterocycles. The smallest absolute Gasteiger partial charge is 0.00216 e. The minimum absolute atomic E-state index is 1.09. The fourth-order valence-electron chi connectivity index (χ4n) is 1.77. The van der Waals surface area contributed by atoms with E-state index < -0.39 is 0 Å². The molecule has 0 saturated carbocycles. The van der Waals surface area contributed by atoms with Crippen molar-refractivity contribution in [1.29, 1.82) is 0 Å². The van der Waals surface area contributed by atoms with E-state index in [2.05, 4.69) is 24.1 Å². The van der Waals surface area contributed by atoms with Crippen LogP contribution in [-0.4, -0.2) is 24.5 Å². The van der Waals surface area contributed by atoms with Gasteiger partial charge in [-0.05, 0) is 32.4 Å². The van der Waals surface area contributed by atoms with Crippen LogP contribution in [0.2, 0.25) is 0 Å². The van der Waals surface area contributed by atoms with Crippen LogP contribution in [0.1, 0.15) is 25.7 Å². The molecule has 0 N–H and O–H groups in total. The second-order valence-electron chi connectivity index (χ2n) is 3.91. The molecule has 0 aliphatic carbocycles. The van der Waals surface area contributed by atoms with Crippen molar-refractivity contribution < 1.29 is 0 Å². The fourth-order valence-corrected chi connectivity index (χ4v) is 1.77. The van der Waals surface area contributed by atoms with Gasteiger partial charge in [0.05, 0.1) is 0 Å². The maximum Gasteiger partial charge on any atom is 0.00216 e. The van der Waals surface area contributed by atoms with E-state index in [4.69, 9.17) is 0 Å². The molecule has 0 atom stereocenters. The second kappa shape index (κ2) is 6.61. The molecule has 1 heterocycles. The molecule has 1 rings (SSSR count). The Labute approximate surface area is 87.8 Å². The number of nitrogens with zero attached hydrogens (tertiary/aromatic N) is 1. The monoisotopic (exact) mass is 191 g/mol. The number of allylic oxidation sites excluding steroid dienone is 3. The van der Waals surface area contributed by atoms with Crippen molar-refractivity contribution in [3.63, 3.8) is 0 Å². The van der Waals surface area contributed by atoms with Crippen molar-refractivity contribution >= 4 is 0 Å². The lowest BCUT2D eigenvalue weighted by atomic mass is 10.1. The minimum atomic E-state index is 1.09. The molecule has 1 fully saturated rings. The predicted octanol–water partition coefficient (Wildman–Crippen LogP) is 3.16. The Morgan fingerprint density at radius 1 is 1.21 bits per heavy atom. The molecule has 1 nitrogen and oxygen atoms in total. The summed E-state index contributed by atoms with van der Waals surface area (Å²) in [5, 5.41) is 0. The van der Waals surface area contributed by atoms with E-state index in [-0.39, 0.29) is 0 Å². The summed E-state index contributed by atoms with van der Waals surface area (Å²) in [6, 6.07) is 0. The molecular formula is C13H21N. The van der Waals surface area contributed by atoms with Gasteiger partial charge in [-0.15, -0.1) is 0 Å². The highest BCUT2D eigenvalue weighted by molar-refractivity contribution is 5.18. The Balaban J connectivity index is 2.15. The summed E-state index contributed by atoms with van der Waals surface area (Å²) < 4.78 is 0. The van der Waals surface area contributed by atoms with Crippen LogP contribution >= 0.6 is 0 Å². The van der Waals surface area contributed by atoms with Gasteiger partial charge < -0.3 is 4.90 Å². The number of piperidine rings is 1. The van der Waals surface area contributed by atoms with Crippen molar-refractivity contribution in [2.45, 2.75) is 25.7 Å². The SMILES string of the molecule is C=CC=CC(=C)CCN1CCCCC1. The molecule has 14 heavy (non-hydrogen) atoms. The van der Waals surface area contributed by atoms with Gasteiger partial charge >= 0.3 is 0 Å². The molecular weight excluding hydrogens is 170 g/mol. The molecule has 1 aliphatic rings. The van der Waals surface area contributed by atoms with Gasteiger partial charge in [0.1, 0.15) is 0 Å². The summed E-state index contributed by atoms with van der Waals surface area (Å²) in [5.74, 6) is 0. The van der Waals surface area contributed by atoms with Gasteiger partial charge in [-0.1, -0.05) is 43.4 Å². The quantitative estimate of drug-likeness (QED) is 0.603. The van der Waals surface area contributed by atoms with Gasteiger partial charge in [0.2, 0.25) is 0 Å². The molecule has 78 valence electrons. The highest BCUT2D eigenvalue weighted by Gasteiger charge is 2.08. The highest BCUT2D eigenvalue weighted by Crippen LogP contribution is 2.10. The van der Waals surface area contributed by atoms with Gasteiger partial charge in [-0.3, -0.25) is 0 Å². The molecule has 1 saturated heterocycles. The van der Waals surface area contributed by atoms with Crippen LogP contribution in [-0.2, 0) is 0 Å². The lowest BCUT2D eigenvalue weighted by Crippen LogP contribution is -2.30. The zero-order valence-corrected chi connectivity index (χ0v) is 9.04. The summed E-state index contributed by atoms with van der Waals surface area (Å²) in [4.78, 5) is 2.54. The predicted molar refractivity (Wildman–Crippen MR) is 63.4 cm³/mol. The molecule has 1 heteroatoms. The van der Waals surface area contributed by atoms with Crippen LogP contribution in [0.3, 0.4) is 0 Å². The van der Waals surface area contributed by atoms with Gasteiger partial charge in [0.15, 0.2) is 0 Å². The average molecular weight is 191 g/mol. The van der Waals surface area contributed by atoms with Crippen molar-refractivity contribution in [2.24, 2.45) is 0 Å². The van der Waals surface area contributed by atoms with Crippen LogP contribution in [0.15, 0.2) is 37.0 Å². The molecule has 0 spiro atoms. The maximum absolute atomic E-state index is 4.02. The van der Waals surface area contributed by atoms with Gasteiger partial charge in [0.25, 0.3) is 0 Å². The van der Waals surface area contributed by atoms with E-state index in [0.717, 1.165) is 6.42 Å². The van der Waals surface area contributed by atoms with Crippen molar-refractivity contribution in [1.82, 2.24) is 4.90 Å². The fraction of sp³-hybridized carbons (Fsp3) is 0.538. The number of hydrogen-bond donors (Lipinski definition) is 0. The van der Waals surface area contributed by atoms with E-state index in [9.17, 15) is 0 Å². The van der Waals surface area contributed by atoms with Gasteiger partial charge in [-0.2, -0.15) is 0 Å². The number of rotatable bonds is 5. The summed E-state index contributed by atoms with van der Waals surface area (Å²) in [6.45, 7) is 11.4. The first-order chi connectivity index (χ1) is 6.83. The third kappa shape index (κ3) is 4.43. The third-order valence-electron chi connectivity index (χ3n) is 2.67. The van der Waals surface area contributed by atoms with Crippen molar-refractivity contribution in [2.75, 3.05) is 19.6 Å². The lowest BCUT2D eigenvalue weighted by Gasteiger charge is -2.26. The number of likely N-dealkylation sites (tertiary alicyclic amines) is 1. The molecule has 0 bridgehead atoms. The molecule has 0 unspecified atom stereocenters.